The molecule has 7 heteroatoms. The largest absolute Gasteiger partial charge is 2.00 e. The minimum atomic E-state index is -1.66. The van der Waals surface area contributed by atoms with Gasteiger partial charge in [0, 0.05) is 0 Å². The molecule has 0 aromatic carbocycles. The van der Waals surface area contributed by atoms with Crippen molar-refractivity contribution in [2.45, 2.75) is 0 Å². The molecule has 0 fully saturated rings. The number of alkyl halides is 2. The Morgan fingerprint density at radius 2 is 1.09 bits per heavy atom. The van der Waals surface area contributed by atoms with E-state index in [-0.39, 0.29) is 20.4 Å². The zero-order valence-electron chi connectivity index (χ0n) is 5.12. The number of carbonyl (C=O) groups excluding carboxylic acids is 2. The molecule has 0 aromatic rings. The molecule has 0 aromatic heterocycles. The Morgan fingerprint density at radius 1 is 1.00 bits per heavy atom. The molecule has 11 heavy (non-hydrogen) atoms. The van der Waals surface area contributed by atoms with E-state index in [9.17, 15) is 8.78 Å². The molecule has 0 aliphatic rings. The van der Waals surface area contributed by atoms with E-state index in [1.807, 2.05) is 0 Å². The molecule has 0 unspecified atom stereocenters. The van der Waals surface area contributed by atoms with E-state index in [1.54, 1.807) is 0 Å². The van der Waals surface area contributed by atoms with Gasteiger partial charge in [0.1, 0.15) is 13.3 Å². The number of hydrogen-bond acceptors (Lipinski definition) is 4. The summed E-state index contributed by atoms with van der Waals surface area (Å²) < 4.78 is 20.9. The van der Waals surface area contributed by atoms with Gasteiger partial charge in [0.25, 0.3) is 0 Å². The van der Waals surface area contributed by atoms with Crippen LogP contribution in [0.2, 0.25) is 0 Å². The Bertz CT molecular complexity index is 105. The number of rotatable bonds is 2. The SMILES string of the molecule is O=C([O-])CF.O=C([O-])CF.[Pd+2]. The Hall–Kier alpha value is -0.538. The van der Waals surface area contributed by atoms with Crippen LogP contribution in [0.3, 0.4) is 0 Å². The summed E-state index contributed by atoms with van der Waals surface area (Å²) >= 11 is 0. The average Bonchev–Trinajstić information content (AvgIpc) is 1.89. The van der Waals surface area contributed by atoms with E-state index in [0.717, 1.165) is 0 Å². The van der Waals surface area contributed by atoms with Crippen LogP contribution in [0.25, 0.3) is 0 Å². The van der Waals surface area contributed by atoms with Gasteiger partial charge in [0.05, 0.1) is 11.9 Å². The molecule has 68 valence electrons. The van der Waals surface area contributed by atoms with E-state index in [4.69, 9.17) is 19.8 Å². The predicted molar refractivity (Wildman–Crippen MR) is 22.0 cm³/mol. The molecule has 0 saturated carbocycles. The van der Waals surface area contributed by atoms with Crippen molar-refractivity contribution >= 4 is 11.9 Å². The molecule has 0 aliphatic carbocycles. The van der Waals surface area contributed by atoms with Crippen molar-refractivity contribution in [3.05, 3.63) is 0 Å². The van der Waals surface area contributed by atoms with Gasteiger partial charge in [-0.3, -0.25) is 0 Å². The smallest absolute Gasteiger partial charge is 0.547 e. The number of carboxylic acid groups (broad SMARTS) is 2. The first kappa shape index (κ1) is 16.8. The molecule has 0 saturated heterocycles. The van der Waals surface area contributed by atoms with Gasteiger partial charge in [-0.05, 0) is 0 Å². The van der Waals surface area contributed by atoms with Crippen LogP contribution in [-0.4, -0.2) is 25.3 Å². The minimum Gasteiger partial charge on any atom is -0.547 e. The third-order valence-electron chi connectivity index (χ3n) is 0.218. The maximum Gasteiger partial charge on any atom is 2.00 e. The van der Waals surface area contributed by atoms with E-state index in [2.05, 4.69) is 0 Å². The van der Waals surface area contributed by atoms with Crippen molar-refractivity contribution in [3.8, 4) is 0 Å². The van der Waals surface area contributed by atoms with Crippen molar-refractivity contribution in [2.24, 2.45) is 0 Å². The monoisotopic (exact) mass is 260 g/mol. The molecule has 0 spiro atoms. The second-order valence-corrected chi connectivity index (χ2v) is 1.01. The quantitative estimate of drug-likeness (QED) is 0.510. The van der Waals surface area contributed by atoms with Gasteiger partial charge in [-0.15, -0.1) is 0 Å². The normalized spacial score (nSPS) is 6.73. The standard InChI is InChI=1S/2C2H3FO2.Pd/c2*3-1-2(4)5;/h2*1H2,(H,4,5);/q;;+2/p-2. The number of carboxylic acids is 2. The Labute approximate surface area is 74.9 Å². The van der Waals surface area contributed by atoms with Crippen LogP contribution >= 0.6 is 0 Å². The Kier molecular flexibility index (Phi) is 18.6. The van der Waals surface area contributed by atoms with Crippen LogP contribution in [0, 0.1) is 0 Å². The molecular formula is C4H4F2O4Pd. The fourth-order valence-corrected chi connectivity index (χ4v) is 0. The van der Waals surface area contributed by atoms with Crippen LogP contribution in [-0.2, 0) is 30.0 Å². The summed E-state index contributed by atoms with van der Waals surface area (Å²) in [4.78, 5) is 17.8. The number of carbonyl (C=O) groups is 2. The number of halogens is 2. The van der Waals surface area contributed by atoms with Crippen LogP contribution < -0.4 is 10.2 Å². The first-order valence-electron chi connectivity index (χ1n) is 2.06. The summed E-state index contributed by atoms with van der Waals surface area (Å²) in [5.74, 6) is -3.32. The topological polar surface area (TPSA) is 80.3 Å². The van der Waals surface area contributed by atoms with Gasteiger partial charge in [-0.2, -0.15) is 0 Å². The number of aliphatic carboxylic acids is 2. The predicted octanol–water partition coefficient (Wildman–Crippen LogP) is -2.59. The molecule has 0 heterocycles. The van der Waals surface area contributed by atoms with Crippen LogP contribution in [0.1, 0.15) is 0 Å². The second-order valence-electron chi connectivity index (χ2n) is 1.01. The third kappa shape index (κ3) is 44.0. The third-order valence-corrected chi connectivity index (χ3v) is 0.218. The first-order chi connectivity index (χ1) is 4.54. The van der Waals surface area contributed by atoms with Crippen molar-refractivity contribution in [2.75, 3.05) is 13.3 Å². The Morgan fingerprint density at radius 3 is 1.09 bits per heavy atom. The van der Waals surface area contributed by atoms with E-state index < -0.39 is 25.3 Å². The molecule has 0 bridgehead atoms. The summed E-state index contributed by atoms with van der Waals surface area (Å²) in [5, 5.41) is 17.8. The minimum absolute atomic E-state index is 0. The van der Waals surface area contributed by atoms with E-state index in [0.29, 0.717) is 0 Å². The van der Waals surface area contributed by atoms with Gasteiger partial charge in [-0.1, -0.05) is 0 Å². The summed E-state index contributed by atoms with van der Waals surface area (Å²) in [6.45, 7) is -2.78. The fourth-order valence-electron chi connectivity index (χ4n) is 0. The van der Waals surface area contributed by atoms with Gasteiger partial charge in [0.2, 0.25) is 0 Å². The molecule has 0 aliphatic heterocycles. The molecule has 0 rings (SSSR count). The molecule has 4 nitrogen and oxygen atoms in total. The summed E-state index contributed by atoms with van der Waals surface area (Å²) in [6.07, 6.45) is 0. The van der Waals surface area contributed by atoms with E-state index in [1.165, 1.54) is 0 Å². The maximum atomic E-state index is 10.5. The molecule has 0 N–H and O–H groups in total. The fraction of sp³-hybridized carbons (Fsp3) is 0.500. The van der Waals surface area contributed by atoms with Gasteiger partial charge >= 0.3 is 20.4 Å². The zero-order valence-corrected chi connectivity index (χ0v) is 6.67. The van der Waals surface area contributed by atoms with Gasteiger partial charge in [-0.25, -0.2) is 8.78 Å². The van der Waals surface area contributed by atoms with Crippen LogP contribution in [0.4, 0.5) is 8.78 Å². The van der Waals surface area contributed by atoms with Crippen molar-refractivity contribution in [1.29, 1.82) is 0 Å². The molecule has 0 radical (unpaired) electrons. The summed E-state index contributed by atoms with van der Waals surface area (Å²) in [5.41, 5.74) is 0. The van der Waals surface area contributed by atoms with Crippen LogP contribution in [0.5, 0.6) is 0 Å². The van der Waals surface area contributed by atoms with Gasteiger partial charge < -0.3 is 19.8 Å². The van der Waals surface area contributed by atoms with Gasteiger partial charge in [0.15, 0.2) is 0 Å². The van der Waals surface area contributed by atoms with Crippen molar-refractivity contribution in [1.82, 2.24) is 0 Å². The van der Waals surface area contributed by atoms with Crippen molar-refractivity contribution in [3.63, 3.8) is 0 Å². The Balaban J connectivity index is -0.000000107. The maximum absolute atomic E-state index is 10.5. The molecule has 0 amide bonds. The average molecular weight is 260 g/mol. The zero-order chi connectivity index (χ0) is 8.57. The first-order valence-corrected chi connectivity index (χ1v) is 2.06. The van der Waals surface area contributed by atoms with Crippen LogP contribution in [0.15, 0.2) is 0 Å². The summed E-state index contributed by atoms with van der Waals surface area (Å²) in [7, 11) is 0. The second kappa shape index (κ2) is 12.2. The van der Waals surface area contributed by atoms with E-state index >= 15 is 0 Å². The number of hydrogen-bond donors (Lipinski definition) is 0. The van der Waals surface area contributed by atoms with Crippen molar-refractivity contribution < 1.29 is 49.0 Å². The summed E-state index contributed by atoms with van der Waals surface area (Å²) in [6, 6.07) is 0. The molecular weight excluding hydrogens is 256 g/mol. The molecule has 0 atom stereocenters.